The van der Waals surface area contributed by atoms with Gasteiger partial charge in [-0.2, -0.15) is 0 Å². The number of Topliss-reactive ketones (excluding diaryl/α,β-unsaturated/α-hetero) is 1. The van der Waals surface area contributed by atoms with Crippen molar-refractivity contribution in [2.75, 3.05) is 0 Å². The van der Waals surface area contributed by atoms with Crippen LogP contribution < -0.4 is 0 Å². The summed E-state index contributed by atoms with van der Waals surface area (Å²) in [4.78, 5) is 12.5. The van der Waals surface area contributed by atoms with E-state index in [1.54, 1.807) is 0 Å². The molecule has 21 heavy (non-hydrogen) atoms. The number of carbonyl (C=O) groups is 1. The van der Waals surface area contributed by atoms with E-state index in [0.29, 0.717) is 5.78 Å². The first-order chi connectivity index (χ1) is 10.3. The van der Waals surface area contributed by atoms with Gasteiger partial charge >= 0.3 is 0 Å². The van der Waals surface area contributed by atoms with Gasteiger partial charge in [0.05, 0.1) is 0 Å². The van der Waals surface area contributed by atoms with Gasteiger partial charge in [-0.3, -0.25) is 4.79 Å². The molecule has 2 nitrogen and oxygen atoms in total. The van der Waals surface area contributed by atoms with Crippen molar-refractivity contribution in [1.82, 2.24) is 4.57 Å². The summed E-state index contributed by atoms with van der Waals surface area (Å²) in [7, 11) is 0. The molecule has 1 aliphatic carbocycles. The van der Waals surface area contributed by atoms with Gasteiger partial charge < -0.3 is 4.57 Å². The number of carbonyl (C=O) groups excluding carboxylic acids is 1. The number of fused-ring (bicyclic) bond motifs is 1. The average molecular weight is 275 g/mol. The molecule has 2 aromatic carbocycles. The predicted molar refractivity (Wildman–Crippen MR) is 84.5 cm³/mol. The standard InChI is InChI=1S/C19H17NO/c21-19(15-10-11-15)17-13-20(12-14-6-2-1-3-7-14)18-9-5-4-8-16(17)18/h1-9,13,15H,10-12H2. The lowest BCUT2D eigenvalue weighted by Crippen LogP contribution is -2.01. The second kappa shape index (κ2) is 4.88. The summed E-state index contributed by atoms with van der Waals surface area (Å²) in [6.45, 7) is 0.805. The van der Waals surface area contributed by atoms with Crippen LogP contribution in [0.4, 0.5) is 0 Å². The predicted octanol–water partition coefficient (Wildman–Crippen LogP) is 4.28. The van der Waals surface area contributed by atoms with E-state index in [-0.39, 0.29) is 5.92 Å². The summed E-state index contributed by atoms with van der Waals surface area (Å²) in [6.07, 6.45) is 4.15. The Hall–Kier alpha value is -2.35. The van der Waals surface area contributed by atoms with Crippen molar-refractivity contribution < 1.29 is 4.79 Å². The van der Waals surface area contributed by atoms with Gasteiger partial charge in [-0.05, 0) is 24.5 Å². The molecule has 0 saturated heterocycles. The minimum atomic E-state index is 0.265. The lowest BCUT2D eigenvalue weighted by atomic mass is 10.1. The van der Waals surface area contributed by atoms with E-state index in [0.717, 1.165) is 35.9 Å². The molecule has 0 amide bonds. The third-order valence-corrected chi connectivity index (χ3v) is 4.20. The topological polar surface area (TPSA) is 22.0 Å². The first-order valence-electron chi connectivity index (χ1n) is 7.49. The van der Waals surface area contributed by atoms with E-state index >= 15 is 0 Å². The molecule has 0 unspecified atom stereocenters. The Labute approximate surface area is 124 Å². The minimum absolute atomic E-state index is 0.265. The molecule has 0 aliphatic heterocycles. The summed E-state index contributed by atoms with van der Waals surface area (Å²) in [6, 6.07) is 18.6. The Morgan fingerprint density at radius 3 is 2.48 bits per heavy atom. The highest BCUT2D eigenvalue weighted by Crippen LogP contribution is 2.35. The molecule has 1 heterocycles. The fourth-order valence-electron chi connectivity index (χ4n) is 2.92. The fourth-order valence-corrected chi connectivity index (χ4v) is 2.92. The highest BCUT2D eigenvalue weighted by Gasteiger charge is 2.32. The molecule has 3 aromatic rings. The number of hydrogen-bond donors (Lipinski definition) is 0. The van der Waals surface area contributed by atoms with Gasteiger partial charge in [-0.1, -0.05) is 48.5 Å². The van der Waals surface area contributed by atoms with Crippen LogP contribution in [0.1, 0.15) is 28.8 Å². The van der Waals surface area contributed by atoms with Crippen molar-refractivity contribution >= 4 is 16.7 Å². The molecule has 0 N–H and O–H groups in total. The van der Waals surface area contributed by atoms with E-state index in [1.165, 1.54) is 5.56 Å². The summed E-state index contributed by atoms with van der Waals surface area (Å²) < 4.78 is 2.19. The van der Waals surface area contributed by atoms with Gasteiger partial charge in [0, 0.05) is 35.1 Å². The Balaban J connectivity index is 1.80. The largest absolute Gasteiger partial charge is 0.342 e. The van der Waals surface area contributed by atoms with Gasteiger partial charge in [-0.15, -0.1) is 0 Å². The molecule has 0 bridgehead atoms. The monoisotopic (exact) mass is 275 g/mol. The first kappa shape index (κ1) is 12.4. The Morgan fingerprint density at radius 1 is 1.00 bits per heavy atom. The van der Waals surface area contributed by atoms with Gasteiger partial charge in [0.15, 0.2) is 5.78 Å². The zero-order valence-electron chi connectivity index (χ0n) is 11.8. The number of nitrogens with zero attached hydrogens (tertiary/aromatic N) is 1. The van der Waals surface area contributed by atoms with E-state index < -0.39 is 0 Å². The van der Waals surface area contributed by atoms with Crippen molar-refractivity contribution in [1.29, 1.82) is 0 Å². The minimum Gasteiger partial charge on any atom is -0.342 e. The van der Waals surface area contributed by atoms with E-state index in [9.17, 15) is 4.79 Å². The number of benzene rings is 2. The van der Waals surface area contributed by atoms with Gasteiger partial charge in [0.1, 0.15) is 0 Å². The summed E-state index contributed by atoms with van der Waals surface area (Å²) in [5.41, 5.74) is 3.29. The van der Waals surface area contributed by atoms with Crippen LogP contribution >= 0.6 is 0 Å². The summed E-state index contributed by atoms with van der Waals surface area (Å²) in [5, 5.41) is 1.09. The van der Waals surface area contributed by atoms with Crippen molar-refractivity contribution in [3.05, 3.63) is 71.9 Å². The highest BCUT2D eigenvalue weighted by atomic mass is 16.1. The summed E-state index contributed by atoms with van der Waals surface area (Å²) >= 11 is 0. The van der Waals surface area contributed by atoms with Crippen LogP contribution in [0.2, 0.25) is 0 Å². The van der Waals surface area contributed by atoms with Crippen LogP contribution in [0.15, 0.2) is 60.8 Å². The lowest BCUT2D eigenvalue weighted by Gasteiger charge is -2.05. The van der Waals surface area contributed by atoms with Crippen LogP contribution in [0.25, 0.3) is 10.9 Å². The molecule has 1 fully saturated rings. The van der Waals surface area contributed by atoms with Crippen LogP contribution in [0.5, 0.6) is 0 Å². The van der Waals surface area contributed by atoms with Crippen molar-refractivity contribution in [2.24, 2.45) is 5.92 Å². The van der Waals surface area contributed by atoms with Gasteiger partial charge in [-0.25, -0.2) is 0 Å². The first-order valence-corrected chi connectivity index (χ1v) is 7.49. The van der Waals surface area contributed by atoms with Crippen LogP contribution in [0.3, 0.4) is 0 Å². The fraction of sp³-hybridized carbons (Fsp3) is 0.211. The third kappa shape index (κ3) is 2.27. The average Bonchev–Trinajstić information content (AvgIpc) is 3.32. The van der Waals surface area contributed by atoms with E-state index in [4.69, 9.17) is 0 Å². The highest BCUT2D eigenvalue weighted by molar-refractivity contribution is 6.09. The SMILES string of the molecule is O=C(c1cn(Cc2ccccc2)c2ccccc12)C1CC1. The number of aromatic nitrogens is 1. The number of ketones is 1. The molecular weight excluding hydrogens is 258 g/mol. The maximum Gasteiger partial charge on any atom is 0.168 e. The molecule has 0 atom stereocenters. The molecule has 4 rings (SSSR count). The maximum absolute atomic E-state index is 12.5. The van der Waals surface area contributed by atoms with Crippen molar-refractivity contribution in [2.45, 2.75) is 19.4 Å². The zero-order valence-corrected chi connectivity index (χ0v) is 11.8. The Morgan fingerprint density at radius 2 is 1.71 bits per heavy atom. The summed E-state index contributed by atoms with van der Waals surface area (Å²) in [5.74, 6) is 0.582. The normalized spacial score (nSPS) is 14.5. The second-order valence-electron chi connectivity index (χ2n) is 5.81. The second-order valence-corrected chi connectivity index (χ2v) is 5.81. The quantitative estimate of drug-likeness (QED) is 0.651. The molecule has 1 aliphatic rings. The van der Waals surface area contributed by atoms with Crippen molar-refractivity contribution in [3.63, 3.8) is 0 Å². The van der Waals surface area contributed by atoms with E-state index in [2.05, 4.69) is 41.0 Å². The van der Waals surface area contributed by atoms with Crippen LogP contribution in [-0.2, 0) is 6.54 Å². The van der Waals surface area contributed by atoms with Crippen LogP contribution in [0, 0.1) is 5.92 Å². The smallest absolute Gasteiger partial charge is 0.168 e. The number of rotatable bonds is 4. The Bertz CT molecular complexity index is 797. The maximum atomic E-state index is 12.5. The molecule has 0 radical (unpaired) electrons. The van der Waals surface area contributed by atoms with Crippen molar-refractivity contribution in [3.8, 4) is 0 Å². The third-order valence-electron chi connectivity index (χ3n) is 4.20. The molecule has 104 valence electrons. The molecule has 0 spiro atoms. The lowest BCUT2D eigenvalue weighted by molar-refractivity contribution is 0.0969. The number of hydrogen-bond acceptors (Lipinski definition) is 1. The zero-order chi connectivity index (χ0) is 14.2. The molecule has 1 saturated carbocycles. The Kier molecular flexibility index (Phi) is 2.88. The molecule has 2 heteroatoms. The van der Waals surface area contributed by atoms with Gasteiger partial charge in [0.25, 0.3) is 0 Å². The van der Waals surface area contributed by atoms with Gasteiger partial charge in [0.2, 0.25) is 0 Å². The molecular formula is C19H17NO. The van der Waals surface area contributed by atoms with Crippen LogP contribution in [-0.4, -0.2) is 10.4 Å². The number of para-hydroxylation sites is 1. The van der Waals surface area contributed by atoms with E-state index in [1.807, 2.05) is 24.4 Å². The molecule has 1 aromatic heterocycles.